The first-order chi connectivity index (χ1) is 7.81. The number of hydrogen-bond donors (Lipinski definition) is 3. The van der Waals surface area contributed by atoms with Crippen molar-refractivity contribution in [3.05, 3.63) is 0 Å². The highest BCUT2D eigenvalue weighted by Crippen LogP contribution is 2.25. The fourth-order valence-corrected chi connectivity index (χ4v) is 2.80. The highest BCUT2D eigenvalue weighted by Gasteiger charge is 2.30. The minimum atomic E-state index is -0.00584. The Morgan fingerprint density at radius 1 is 1.25 bits per heavy atom. The zero-order chi connectivity index (χ0) is 11.4. The highest BCUT2D eigenvalue weighted by molar-refractivity contribution is 5.82. The topological polar surface area (TPSA) is 61.4 Å². The van der Waals surface area contributed by atoms with E-state index in [1.54, 1.807) is 0 Å². The molecule has 0 aromatic rings. The summed E-state index contributed by atoms with van der Waals surface area (Å²) in [5.41, 5.74) is 0. The van der Waals surface area contributed by atoms with Crippen molar-refractivity contribution < 1.29 is 9.90 Å². The van der Waals surface area contributed by atoms with E-state index in [-0.39, 0.29) is 30.5 Å². The Bertz CT molecular complexity index is 239. The van der Waals surface area contributed by atoms with Gasteiger partial charge in [-0.15, -0.1) is 0 Å². The summed E-state index contributed by atoms with van der Waals surface area (Å²) < 4.78 is 0. The maximum Gasteiger partial charge on any atom is 0.237 e. The maximum absolute atomic E-state index is 12.0. The van der Waals surface area contributed by atoms with Gasteiger partial charge in [0.1, 0.15) is 0 Å². The van der Waals surface area contributed by atoms with Gasteiger partial charge in [-0.2, -0.15) is 0 Å². The van der Waals surface area contributed by atoms with Gasteiger partial charge in [-0.3, -0.25) is 4.79 Å². The summed E-state index contributed by atoms with van der Waals surface area (Å²) in [6.07, 6.45) is 6.44. The predicted molar refractivity (Wildman–Crippen MR) is 62.0 cm³/mol. The third-order valence-electron chi connectivity index (χ3n) is 3.85. The second-order valence-electron chi connectivity index (χ2n) is 4.99. The molecule has 2 rings (SSSR count). The SMILES string of the molecule is O=C(NC1CCCC1CO)[C@H]1CCCCN1. The van der Waals surface area contributed by atoms with E-state index in [4.69, 9.17) is 0 Å². The van der Waals surface area contributed by atoms with Crippen molar-refractivity contribution in [1.82, 2.24) is 10.6 Å². The fourth-order valence-electron chi connectivity index (χ4n) is 2.80. The van der Waals surface area contributed by atoms with E-state index in [1.807, 2.05) is 0 Å². The second kappa shape index (κ2) is 5.64. The van der Waals surface area contributed by atoms with Crippen molar-refractivity contribution in [1.29, 1.82) is 0 Å². The fraction of sp³-hybridized carbons (Fsp3) is 0.917. The lowest BCUT2D eigenvalue weighted by Crippen LogP contribution is -2.50. The normalized spacial score (nSPS) is 34.9. The van der Waals surface area contributed by atoms with E-state index in [0.717, 1.165) is 38.6 Å². The summed E-state index contributed by atoms with van der Waals surface area (Å²) in [5.74, 6) is 0.401. The van der Waals surface area contributed by atoms with E-state index >= 15 is 0 Å². The summed E-state index contributed by atoms with van der Waals surface area (Å²) >= 11 is 0. The zero-order valence-corrected chi connectivity index (χ0v) is 9.74. The van der Waals surface area contributed by atoms with Crippen molar-refractivity contribution in [2.75, 3.05) is 13.2 Å². The molecular weight excluding hydrogens is 204 g/mol. The van der Waals surface area contributed by atoms with Crippen LogP contribution in [0.5, 0.6) is 0 Å². The first-order valence-corrected chi connectivity index (χ1v) is 6.46. The number of carbonyl (C=O) groups is 1. The number of carbonyl (C=O) groups excluding carboxylic acids is 1. The molecule has 4 heteroatoms. The number of hydrogen-bond acceptors (Lipinski definition) is 3. The van der Waals surface area contributed by atoms with Gasteiger partial charge in [0.15, 0.2) is 0 Å². The molecule has 0 aromatic heterocycles. The van der Waals surface area contributed by atoms with Gasteiger partial charge in [-0.1, -0.05) is 12.8 Å². The van der Waals surface area contributed by atoms with Crippen molar-refractivity contribution in [2.45, 2.75) is 50.6 Å². The number of nitrogens with one attached hydrogen (secondary N) is 2. The number of amides is 1. The summed E-state index contributed by atoms with van der Waals surface area (Å²) in [6.45, 7) is 1.15. The van der Waals surface area contributed by atoms with Crippen LogP contribution in [0.4, 0.5) is 0 Å². The number of piperidine rings is 1. The first-order valence-electron chi connectivity index (χ1n) is 6.46. The van der Waals surface area contributed by atoms with Crippen molar-refractivity contribution in [2.24, 2.45) is 5.92 Å². The molecule has 1 saturated heterocycles. The minimum absolute atomic E-state index is 0.00584. The number of aliphatic hydroxyl groups excluding tert-OH is 1. The zero-order valence-electron chi connectivity index (χ0n) is 9.74. The average molecular weight is 226 g/mol. The van der Waals surface area contributed by atoms with Crippen LogP contribution in [0.2, 0.25) is 0 Å². The Labute approximate surface area is 96.8 Å². The van der Waals surface area contributed by atoms with Gasteiger partial charge < -0.3 is 15.7 Å². The van der Waals surface area contributed by atoms with Crippen LogP contribution in [0.3, 0.4) is 0 Å². The quantitative estimate of drug-likeness (QED) is 0.653. The van der Waals surface area contributed by atoms with Gasteiger partial charge in [-0.05, 0) is 32.2 Å². The summed E-state index contributed by atoms with van der Waals surface area (Å²) in [6, 6.07) is 0.190. The minimum Gasteiger partial charge on any atom is -0.396 e. The van der Waals surface area contributed by atoms with Crippen LogP contribution in [0.1, 0.15) is 38.5 Å². The molecule has 92 valence electrons. The predicted octanol–water partition coefficient (Wildman–Crippen LogP) is 0.406. The van der Waals surface area contributed by atoms with Crippen LogP contribution in [0, 0.1) is 5.92 Å². The molecule has 0 bridgehead atoms. The number of rotatable bonds is 3. The van der Waals surface area contributed by atoms with E-state index in [2.05, 4.69) is 10.6 Å². The molecule has 16 heavy (non-hydrogen) atoms. The Kier molecular flexibility index (Phi) is 4.18. The van der Waals surface area contributed by atoms with Crippen LogP contribution in [-0.4, -0.2) is 36.2 Å². The smallest absolute Gasteiger partial charge is 0.237 e. The van der Waals surface area contributed by atoms with Crippen molar-refractivity contribution in [3.63, 3.8) is 0 Å². The Morgan fingerprint density at radius 3 is 2.81 bits per heavy atom. The molecule has 1 amide bonds. The van der Waals surface area contributed by atoms with Gasteiger partial charge >= 0.3 is 0 Å². The maximum atomic E-state index is 12.0. The van der Waals surface area contributed by atoms with E-state index < -0.39 is 0 Å². The highest BCUT2D eigenvalue weighted by atomic mass is 16.3. The van der Waals surface area contributed by atoms with Crippen LogP contribution < -0.4 is 10.6 Å². The average Bonchev–Trinajstić information content (AvgIpc) is 2.77. The largest absolute Gasteiger partial charge is 0.396 e. The molecule has 0 aromatic carbocycles. The Hall–Kier alpha value is -0.610. The van der Waals surface area contributed by atoms with E-state index in [0.29, 0.717) is 0 Å². The van der Waals surface area contributed by atoms with Crippen LogP contribution in [0.15, 0.2) is 0 Å². The van der Waals surface area contributed by atoms with Gasteiger partial charge in [0.05, 0.1) is 6.04 Å². The van der Waals surface area contributed by atoms with E-state index in [1.165, 1.54) is 6.42 Å². The van der Waals surface area contributed by atoms with Crippen LogP contribution >= 0.6 is 0 Å². The molecular formula is C12H22N2O2. The summed E-state index contributed by atoms with van der Waals surface area (Å²) in [4.78, 5) is 12.0. The molecule has 0 spiro atoms. The molecule has 1 aliphatic carbocycles. The van der Waals surface area contributed by atoms with Gasteiger partial charge in [0, 0.05) is 18.6 Å². The monoisotopic (exact) mass is 226 g/mol. The lowest BCUT2D eigenvalue weighted by Gasteiger charge is -2.26. The van der Waals surface area contributed by atoms with Crippen molar-refractivity contribution >= 4 is 5.91 Å². The number of aliphatic hydroxyl groups is 1. The molecule has 1 aliphatic heterocycles. The van der Waals surface area contributed by atoms with Crippen LogP contribution in [-0.2, 0) is 4.79 Å². The van der Waals surface area contributed by atoms with Gasteiger partial charge in [0.25, 0.3) is 0 Å². The van der Waals surface area contributed by atoms with Crippen molar-refractivity contribution in [3.8, 4) is 0 Å². The first kappa shape index (κ1) is 11.9. The summed E-state index contributed by atoms with van der Waals surface area (Å²) in [5, 5.41) is 15.5. The molecule has 4 nitrogen and oxygen atoms in total. The third kappa shape index (κ3) is 2.74. The standard InChI is InChI=1S/C12H22N2O2/c15-8-9-4-3-6-10(9)14-12(16)11-5-1-2-7-13-11/h9-11,13,15H,1-8H2,(H,14,16)/t9?,10?,11-/m1/s1. The van der Waals surface area contributed by atoms with Crippen LogP contribution in [0.25, 0.3) is 0 Å². The lowest BCUT2D eigenvalue weighted by atomic mass is 10.0. The molecule has 3 N–H and O–H groups in total. The van der Waals surface area contributed by atoms with Gasteiger partial charge in [0.2, 0.25) is 5.91 Å². The Morgan fingerprint density at radius 2 is 2.12 bits per heavy atom. The molecule has 2 aliphatic rings. The molecule has 0 radical (unpaired) electrons. The van der Waals surface area contributed by atoms with Gasteiger partial charge in [-0.25, -0.2) is 0 Å². The molecule has 3 atom stereocenters. The molecule has 1 heterocycles. The molecule has 2 fully saturated rings. The Balaban J connectivity index is 1.81. The molecule has 1 saturated carbocycles. The molecule has 2 unspecified atom stereocenters. The summed E-state index contributed by atoms with van der Waals surface area (Å²) in [7, 11) is 0. The lowest BCUT2D eigenvalue weighted by molar-refractivity contribution is -0.124. The third-order valence-corrected chi connectivity index (χ3v) is 3.85. The second-order valence-corrected chi connectivity index (χ2v) is 4.99. The van der Waals surface area contributed by atoms with E-state index in [9.17, 15) is 9.90 Å².